The van der Waals surface area contributed by atoms with Crippen molar-refractivity contribution < 1.29 is 9.53 Å². The number of nitrogens with one attached hydrogen (secondary N) is 1. The number of hydrogen-bond acceptors (Lipinski definition) is 4. The number of rotatable bonds is 9. The Labute approximate surface area is 131 Å². The highest BCUT2D eigenvalue weighted by molar-refractivity contribution is 7.80. The molecule has 0 aliphatic carbocycles. The Kier molecular flexibility index (Phi) is 7.89. The van der Waals surface area contributed by atoms with Crippen LogP contribution in [0.2, 0.25) is 0 Å². The van der Waals surface area contributed by atoms with Gasteiger partial charge >= 0.3 is 0 Å². The van der Waals surface area contributed by atoms with E-state index in [0.717, 1.165) is 17.5 Å². The van der Waals surface area contributed by atoms with Gasteiger partial charge in [0.1, 0.15) is 4.99 Å². The fourth-order valence-electron chi connectivity index (χ4n) is 1.94. The summed E-state index contributed by atoms with van der Waals surface area (Å²) in [6.07, 6.45) is 0.821. The van der Waals surface area contributed by atoms with E-state index in [9.17, 15) is 4.79 Å². The molecule has 1 aromatic carbocycles. The summed E-state index contributed by atoms with van der Waals surface area (Å²) in [6.45, 7) is 2.31. The van der Waals surface area contributed by atoms with Gasteiger partial charge in [0.05, 0.1) is 6.54 Å². The topological polar surface area (TPSA) is 67.6 Å². The lowest BCUT2D eigenvalue weighted by Gasteiger charge is -2.16. The molecule has 1 aromatic rings. The number of ether oxygens (including phenoxy) is 1. The molecule has 5 nitrogen and oxygen atoms in total. The van der Waals surface area contributed by atoms with Gasteiger partial charge in [0.25, 0.3) is 0 Å². The van der Waals surface area contributed by atoms with Gasteiger partial charge in [-0.05, 0) is 25.1 Å². The fraction of sp³-hybridized carbons (Fsp3) is 0.467. The van der Waals surface area contributed by atoms with Crippen LogP contribution < -0.4 is 11.1 Å². The van der Waals surface area contributed by atoms with Crippen LogP contribution in [-0.4, -0.2) is 49.6 Å². The largest absolute Gasteiger partial charge is 0.389 e. The van der Waals surface area contributed by atoms with E-state index in [1.54, 1.807) is 7.11 Å². The van der Waals surface area contributed by atoms with E-state index in [2.05, 4.69) is 5.32 Å². The van der Waals surface area contributed by atoms with Crippen LogP contribution in [0.25, 0.3) is 0 Å². The number of benzene rings is 1. The van der Waals surface area contributed by atoms with Crippen LogP contribution >= 0.6 is 12.2 Å². The van der Waals surface area contributed by atoms with Crippen LogP contribution in [-0.2, 0) is 16.1 Å². The predicted molar refractivity (Wildman–Crippen MR) is 88.2 cm³/mol. The van der Waals surface area contributed by atoms with Crippen molar-refractivity contribution in [3.05, 3.63) is 35.4 Å². The molecule has 0 heterocycles. The second-order valence-corrected chi connectivity index (χ2v) is 5.37. The Balaban J connectivity index is 2.39. The van der Waals surface area contributed by atoms with Crippen molar-refractivity contribution in [1.29, 1.82) is 0 Å². The molecule has 0 atom stereocenters. The zero-order valence-corrected chi connectivity index (χ0v) is 13.4. The molecule has 0 radical (unpaired) electrons. The maximum absolute atomic E-state index is 11.7. The first-order valence-electron chi connectivity index (χ1n) is 6.86. The van der Waals surface area contributed by atoms with Gasteiger partial charge in [0.15, 0.2) is 0 Å². The van der Waals surface area contributed by atoms with Crippen LogP contribution in [0.1, 0.15) is 17.5 Å². The van der Waals surface area contributed by atoms with Gasteiger partial charge in [0, 0.05) is 32.4 Å². The first-order valence-corrected chi connectivity index (χ1v) is 7.26. The number of carbonyl (C=O) groups is 1. The molecule has 1 rings (SSSR count). The van der Waals surface area contributed by atoms with E-state index in [1.807, 2.05) is 36.2 Å². The second kappa shape index (κ2) is 9.44. The molecule has 21 heavy (non-hydrogen) atoms. The summed E-state index contributed by atoms with van der Waals surface area (Å²) >= 11 is 4.96. The molecule has 0 spiro atoms. The molecule has 0 aliphatic heterocycles. The van der Waals surface area contributed by atoms with Gasteiger partial charge < -0.3 is 15.8 Å². The van der Waals surface area contributed by atoms with Crippen LogP contribution in [0.5, 0.6) is 0 Å². The maximum atomic E-state index is 11.7. The Morgan fingerprint density at radius 1 is 1.48 bits per heavy atom. The molecular weight excluding hydrogens is 286 g/mol. The highest BCUT2D eigenvalue weighted by atomic mass is 32.1. The number of carbonyl (C=O) groups excluding carboxylic acids is 1. The number of thiocarbonyl (C=S) groups is 1. The van der Waals surface area contributed by atoms with Crippen molar-refractivity contribution in [2.45, 2.75) is 13.0 Å². The van der Waals surface area contributed by atoms with Gasteiger partial charge in [-0.1, -0.05) is 30.4 Å². The standard InChI is InChI=1S/C15H23N3O2S/c1-18(11-14(19)17-7-4-8-20-2)10-12-5-3-6-13(9-12)15(16)21/h3,5-6,9H,4,7-8,10-11H2,1-2H3,(H2,16,21)(H,17,19). The van der Waals surface area contributed by atoms with Gasteiger partial charge in [-0.2, -0.15) is 0 Å². The molecule has 0 saturated carbocycles. The monoisotopic (exact) mass is 309 g/mol. The third-order valence-corrected chi connectivity index (χ3v) is 3.16. The van der Waals surface area contributed by atoms with Crippen molar-refractivity contribution in [1.82, 2.24) is 10.2 Å². The van der Waals surface area contributed by atoms with Crippen molar-refractivity contribution in [3.63, 3.8) is 0 Å². The van der Waals surface area contributed by atoms with E-state index < -0.39 is 0 Å². The molecule has 0 aliphatic rings. The molecule has 3 N–H and O–H groups in total. The zero-order chi connectivity index (χ0) is 15.7. The van der Waals surface area contributed by atoms with Crippen molar-refractivity contribution in [2.75, 3.05) is 33.9 Å². The number of amides is 1. The van der Waals surface area contributed by atoms with Crippen LogP contribution in [0.15, 0.2) is 24.3 Å². The first-order chi connectivity index (χ1) is 10.0. The third-order valence-electron chi connectivity index (χ3n) is 2.92. The Hall–Kier alpha value is -1.50. The van der Waals surface area contributed by atoms with Gasteiger partial charge in [-0.25, -0.2) is 0 Å². The van der Waals surface area contributed by atoms with E-state index >= 15 is 0 Å². The minimum absolute atomic E-state index is 0.0131. The maximum Gasteiger partial charge on any atom is 0.234 e. The number of methoxy groups -OCH3 is 1. The first kappa shape index (κ1) is 17.6. The number of hydrogen-bond donors (Lipinski definition) is 2. The van der Waals surface area contributed by atoms with Gasteiger partial charge in [-0.3, -0.25) is 9.69 Å². The minimum Gasteiger partial charge on any atom is -0.389 e. The minimum atomic E-state index is 0.0131. The van der Waals surface area contributed by atoms with E-state index in [1.165, 1.54) is 0 Å². The summed E-state index contributed by atoms with van der Waals surface area (Å²) in [5.41, 5.74) is 7.54. The second-order valence-electron chi connectivity index (χ2n) is 4.93. The SMILES string of the molecule is COCCCNC(=O)CN(C)Cc1cccc(C(N)=S)c1. The summed E-state index contributed by atoms with van der Waals surface area (Å²) in [5.74, 6) is 0.0131. The molecule has 0 bridgehead atoms. The lowest BCUT2D eigenvalue weighted by atomic mass is 10.1. The third kappa shape index (κ3) is 7.17. The number of nitrogens with zero attached hydrogens (tertiary/aromatic N) is 1. The Bertz CT molecular complexity index is 480. The Morgan fingerprint density at radius 2 is 2.24 bits per heavy atom. The normalized spacial score (nSPS) is 10.6. The number of likely N-dealkylation sites (N-methyl/N-ethyl adjacent to an activating group) is 1. The zero-order valence-electron chi connectivity index (χ0n) is 12.6. The van der Waals surface area contributed by atoms with Crippen molar-refractivity contribution in [3.8, 4) is 0 Å². The highest BCUT2D eigenvalue weighted by Crippen LogP contribution is 2.07. The molecule has 6 heteroatoms. The van der Waals surface area contributed by atoms with Crippen molar-refractivity contribution in [2.24, 2.45) is 5.73 Å². The average Bonchev–Trinajstić information content (AvgIpc) is 2.43. The van der Waals surface area contributed by atoms with E-state index in [0.29, 0.717) is 31.2 Å². The Morgan fingerprint density at radius 3 is 2.90 bits per heavy atom. The number of nitrogens with two attached hydrogens (primary N) is 1. The summed E-state index contributed by atoms with van der Waals surface area (Å²) in [6, 6.07) is 7.75. The predicted octanol–water partition coefficient (Wildman–Crippen LogP) is 0.905. The lowest BCUT2D eigenvalue weighted by Crippen LogP contribution is -2.35. The lowest BCUT2D eigenvalue weighted by molar-refractivity contribution is -0.122. The van der Waals surface area contributed by atoms with Gasteiger partial charge in [0.2, 0.25) is 5.91 Å². The molecule has 0 fully saturated rings. The molecule has 0 unspecified atom stereocenters. The summed E-state index contributed by atoms with van der Waals surface area (Å²) in [7, 11) is 3.55. The van der Waals surface area contributed by atoms with Gasteiger partial charge in [-0.15, -0.1) is 0 Å². The van der Waals surface area contributed by atoms with E-state index in [-0.39, 0.29) is 5.91 Å². The highest BCUT2D eigenvalue weighted by Gasteiger charge is 2.07. The van der Waals surface area contributed by atoms with Crippen LogP contribution in [0.3, 0.4) is 0 Å². The van der Waals surface area contributed by atoms with Crippen molar-refractivity contribution >= 4 is 23.1 Å². The fourth-order valence-corrected chi connectivity index (χ4v) is 2.06. The van der Waals surface area contributed by atoms with Crippen LogP contribution in [0, 0.1) is 0 Å². The molecule has 116 valence electrons. The smallest absolute Gasteiger partial charge is 0.234 e. The van der Waals surface area contributed by atoms with E-state index in [4.69, 9.17) is 22.7 Å². The molecule has 0 saturated heterocycles. The summed E-state index contributed by atoms with van der Waals surface area (Å²) in [5, 5.41) is 2.86. The summed E-state index contributed by atoms with van der Waals surface area (Å²) < 4.78 is 4.93. The molecule has 1 amide bonds. The quantitative estimate of drug-likeness (QED) is 0.524. The molecular formula is C15H23N3O2S. The average molecular weight is 309 g/mol. The van der Waals surface area contributed by atoms with Crippen LogP contribution in [0.4, 0.5) is 0 Å². The summed E-state index contributed by atoms with van der Waals surface area (Å²) in [4.78, 5) is 14.1. The molecule has 0 aromatic heterocycles.